The Morgan fingerprint density at radius 1 is 1.04 bits per heavy atom. The topological polar surface area (TPSA) is 63.0 Å². The molecule has 0 N–H and O–H groups in total. The Morgan fingerprint density at radius 2 is 1.81 bits per heavy atom. The summed E-state index contributed by atoms with van der Waals surface area (Å²) in [5.41, 5.74) is 1.70. The third-order valence-corrected chi connectivity index (χ3v) is 4.52. The lowest BCUT2D eigenvalue weighted by Gasteiger charge is -2.36. The van der Waals surface area contributed by atoms with Crippen molar-refractivity contribution in [2.75, 3.05) is 36.0 Å². The first-order valence-electron chi connectivity index (χ1n) is 8.22. The Morgan fingerprint density at radius 3 is 2.50 bits per heavy atom. The van der Waals surface area contributed by atoms with Crippen molar-refractivity contribution in [3.8, 4) is 11.3 Å². The van der Waals surface area contributed by atoms with Crippen LogP contribution in [0.3, 0.4) is 0 Å². The first-order valence-corrected chi connectivity index (χ1v) is 8.60. The molecule has 9 heteroatoms. The number of hydrogen-bond donors (Lipinski definition) is 0. The fourth-order valence-corrected chi connectivity index (χ4v) is 3.13. The smallest absolute Gasteiger partial charge is 0.167 e. The van der Waals surface area contributed by atoms with Gasteiger partial charge in [-0.25, -0.2) is 14.4 Å². The molecule has 4 heterocycles. The lowest BCUT2D eigenvalue weighted by molar-refractivity contribution is 0.587. The zero-order valence-corrected chi connectivity index (χ0v) is 14.9. The van der Waals surface area contributed by atoms with E-state index in [0.29, 0.717) is 37.0 Å². The molecular weight excluding hydrogens is 357 g/mol. The number of piperazine rings is 1. The van der Waals surface area contributed by atoms with E-state index < -0.39 is 5.82 Å². The minimum Gasteiger partial charge on any atom is -0.352 e. The monoisotopic (exact) mass is 373 g/mol. The second-order valence-electron chi connectivity index (χ2n) is 6.10. The van der Waals surface area contributed by atoms with Crippen LogP contribution in [0.25, 0.3) is 11.3 Å². The van der Waals surface area contributed by atoms with Crippen LogP contribution in [-0.2, 0) is 7.05 Å². The van der Waals surface area contributed by atoms with Crippen molar-refractivity contribution in [3.63, 3.8) is 0 Å². The quantitative estimate of drug-likeness (QED) is 0.702. The van der Waals surface area contributed by atoms with E-state index in [0.717, 1.165) is 17.1 Å². The van der Waals surface area contributed by atoms with Crippen LogP contribution >= 0.6 is 11.6 Å². The number of anilines is 2. The van der Waals surface area contributed by atoms with Gasteiger partial charge in [0.1, 0.15) is 5.82 Å². The van der Waals surface area contributed by atoms with Gasteiger partial charge in [0.15, 0.2) is 11.6 Å². The maximum absolute atomic E-state index is 14.1. The first-order chi connectivity index (χ1) is 12.6. The minimum atomic E-state index is -0.399. The summed E-state index contributed by atoms with van der Waals surface area (Å²) in [6, 6.07) is 1.29. The molecule has 3 aromatic heterocycles. The number of aryl methyl sites for hydroxylation is 1. The van der Waals surface area contributed by atoms with Gasteiger partial charge in [-0.3, -0.25) is 9.67 Å². The molecule has 1 aliphatic heterocycles. The van der Waals surface area contributed by atoms with Gasteiger partial charge in [-0.15, -0.1) is 0 Å². The molecule has 4 rings (SSSR count). The predicted molar refractivity (Wildman–Crippen MR) is 97.9 cm³/mol. The van der Waals surface area contributed by atoms with Gasteiger partial charge in [0.25, 0.3) is 0 Å². The molecule has 0 atom stereocenters. The Balaban J connectivity index is 1.48. The summed E-state index contributed by atoms with van der Waals surface area (Å²) in [6.07, 6.45) is 8.61. The van der Waals surface area contributed by atoms with Crippen LogP contribution < -0.4 is 9.80 Å². The van der Waals surface area contributed by atoms with E-state index in [4.69, 9.17) is 16.6 Å². The van der Waals surface area contributed by atoms with Crippen molar-refractivity contribution in [3.05, 3.63) is 47.9 Å². The summed E-state index contributed by atoms with van der Waals surface area (Å²) >= 11 is 5.78. The van der Waals surface area contributed by atoms with Gasteiger partial charge in [-0.1, -0.05) is 11.6 Å². The van der Waals surface area contributed by atoms with Crippen molar-refractivity contribution in [2.24, 2.45) is 7.05 Å². The second kappa shape index (κ2) is 6.87. The van der Waals surface area contributed by atoms with Gasteiger partial charge in [0, 0.05) is 51.2 Å². The summed E-state index contributed by atoms with van der Waals surface area (Å²) < 4.78 is 15.8. The van der Waals surface area contributed by atoms with Crippen molar-refractivity contribution >= 4 is 23.2 Å². The number of rotatable bonds is 3. The van der Waals surface area contributed by atoms with Crippen LogP contribution in [0.5, 0.6) is 0 Å². The zero-order valence-electron chi connectivity index (χ0n) is 14.2. The lowest BCUT2D eigenvalue weighted by Crippen LogP contribution is -2.47. The van der Waals surface area contributed by atoms with Crippen LogP contribution in [0.4, 0.5) is 16.0 Å². The van der Waals surface area contributed by atoms with Gasteiger partial charge in [0.2, 0.25) is 0 Å². The minimum absolute atomic E-state index is 0.298. The SMILES string of the molecule is Cn1cc(-c2cncc(N3CCN(c4ncc(Cl)cc4F)CC3)n2)cn1. The van der Waals surface area contributed by atoms with Gasteiger partial charge in [-0.05, 0) is 6.07 Å². The standard InChI is InChI=1S/C17H17ClFN7/c1-24-11-12(7-22-24)15-9-20-10-16(23-15)25-2-4-26(5-3-25)17-14(19)6-13(18)8-21-17/h6-11H,2-5H2,1H3. The molecule has 0 aromatic carbocycles. The highest BCUT2D eigenvalue weighted by molar-refractivity contribution is 6.30. The Kier molecular flexibility index (Phi) is 4.42. The van der Waals surface area contributed by atoms with Crippen LogP contribution in [0.2, 0.25) is 5.02 Å². The summed E-state index contributed by atoms with van der Waals surface area (Å²) in [4.78, 5) is 17.2. The molecule has 26 heavy (non-hydrogen) atoms. The fraction of sp³-hybridized carbons (Fsp3) is 0.294. The molecular formula is C17H17ClFN7. The highest BCUT2D eigenvalue weighted by Gasteiger charge is 2.22. The molecule has 7 nitrogen and oxygen atoms in total. The van der Waals surface area contributed by atoms with E-state index in [-0.39, 0.29) is 0 Å². The van der Waals surface area contributed by atoms with Gasteiger partial charge in [0.05, 0.1) is 29.3 Å². The Bertz CT molecular complexity index is 921. The normalized spacial score (nSPS) is 14.7. The Labute approximate surface area is 155 Å². The van der Waals surface area contributed by atoms with Crippen molar-refractivity contribution in [1.82, 2.24) is 24.7 Å². The molecule has 1 fully saturated rings. The molecule has 0 bridgehead atoms. The number of nitrogens with zero attached hydrogens (tertiary/aromatic N) is 7. The zero-order chi connectivity index (χ0) is 18.1. The molecule has 0 spiro atoms. The highest BCUT2D eigenvalue weighted by atomic mass is 35.5. The van der Waals surface area contributed by atoms with E-state index in [1.807, 2.05) is 18.1 Å². The lowest BCUT2D eigenvalue weighted by atomic mass is 10.2. The van der Waals surface area contributed by atoms with Gasteiger partial charge >= 0.3 is 0 Å². The van der Waals surface area contributed by atoms with Crippen molar-refractivity contribution in [2.45, 2.75) is 0 Å². The van der Waals surface area contributed by atoms with Crippen molar-refractivity contribution in [1.29, 1.82) is 0 Å². The number of aromatic nitrogens is 5. The molecule has 0 unspecified atom stereocenters. The summed E-state index contributed by atoms with van der Waals surface area (Å²) in [7, 11) is 1.87. The summed E-state index contributed by atoms with van der Waals surface area (Å²) in [6.45, 7) is 2.69. The van der Waals surface area contributed by atoms with Gasteiger partial charge < -0.3 is 9.80 Å². The molecule has 134 valence electrons. The van der Waals surface area contributed by atoms with E-state index >= 15 is 0 Å². The van der Waals surface area contributed by atoms with E-state index in [1.165, 1.54) is 12.3 Å². The third-order valence-electron chi connectivity index (χ3n) is 4.31. The molecule has 0 amide bonds. The van der Waals surface area contributed by atoms with Crippen LogP contribution in [-0.4, -0.2) is 50.9 Å². The van der Waals surface area contributed by atoms with E-state index in [1.54, 1.807) is 23.3 Å². The second-order valence-corrected chi connectivity index (χ2v) is 6.53. The molecule has 0 radical (unpaired) electrons. The molecule has 1 saturated heterocycles. The molecule has 0 saturated carbocycles. The third kappa shape index (κ3) is 3.32. The average Bonchev–Trinajstić information content (AvgIpc) is 3.09. The predicted octanol–water partition coefficient (Wildman–Crippen LogP) is 2.39. The Hall–Kier alpha value is -2.74. The van der Waals surface area contributed by atoms with E-state index in [9.17, 15) is 4.39 Å². The van der Waals surface area contributed by atoms with E-state index in [2.05, 4.69) is 20.0 Å². The van der Waals surface area contributed by atoms with Crippen LogP contribution in [0.1, 0.15) is 0 Å². The van der Waals surface area contributed by atoms with Crippen LogP contribution in [0.15, 0.2) is 37.1 Å². The molecule has 3 aromatic rings. The van der Waals surface area contributed by atoms with Crippen LogP contribution in [0, 0.1) is 5.82 Å². The molecule has 0 aliphatic carbocycles. The van der Waals surface area contributed by atoms with Crippen molar-refractivity contribution < 1.29 is 4.39 Å². The number of pyridine rings is 1. The fourth-order valence-electron chi connectivity index (χ4n) is 2.99. The number of hydrogen-bond acceptors (Lipinski definition) is 6. The van der Waals surface area contributed by atoms with Gasteiger partial charge in [-0.2, -0.15) is 5.10 Å². The maximum atomic E-state index is 14.1. The largest absolute Gasteiger partial charge is 0.352 e. The average molecular weight is 374 g/mol. The molecule has 1 aliphatic rings. The first kappa shape index (κ1) is 16.7. The highest BCUT2D eigenvalue weighted by Crippen LogP contribution is 2.23. The summed E-state index contributed by atoms with van der Waals surface area (Å²) in [5, 5.41) is 4.47. The number of halogens is 2. The summed E-state index contributed by atoms with van der Waals surface area (Å²) in [5.74, 6) is 0.740. The maximum Gasteiger partial charge on any atom is 0.167 e.